The largest absolute Gasteiger partial charge is 0.330 e. The number of nitrogens with zero attached hydrogens (tertiary/aromatic N) is 1. The number of benzene rings is 1. The smallest absolute Gasteiger partial charge is 0.182 e. The van der Waals surface area contributed by atoms with Gasteiger partial charge in [-0.1, -0.05) is 67.1 Å². The van der Waals surface area contributed by atoms with E-state index in [1.807, 2.05) is 11.1 Å². The number of aromatic amines is 1. The summed E-state index contributed by atoms with van der Waals surface area (Å²) in [5, 5.41) is 0. The van der Waals surface area contributed by atoms with E-state index in [0.29, 0.717) is 0 Å². The minimum Gasteiger partial charge on any atom is -0.330 e. The highest BCUT2D eigenvalue weighted by Gasteiger charge is 2.08. The summed E-state index contributed by atoms with van der Waals surface area (Å²) in [7, 11) is 0. The fourth-order valence-electron chi connectivity index (χ4n) is 2.64. The van der Waals surface area contributed by atoms with Crippen LogP contribution >= 0.6 is 28.1 Å². The Bertz CT molecular complexity index is 654. The number of unbranched alkanes of at least 4 members (excludes halogenated alkanes) is 5. The molecule has 0 atom stereocenters. The van der Waals surface area contributed by atoms with Gasteiger partial charge in [-0.25, -0.2) is 0 Å². The summed E-state index contributed by atoms with van der Waals surface area (Å²) in [5.74, 6) is 0. The Kier molecular flexibility index (Phi) is 6.71. The van der Waals surface area contributed by atoms with Crippen LogP contribution in [0.3, 0.4) is 0 Å². The number of hydrogen-bond donors (Lipinski definition) is 1. The monoisotopic (exact) mass is 366 g/mol. The van der Waals surface area contributed by atoms with Crippen LogP contribution in [0.2, 0.25) is 0 Å². The summed E-state index contributed by atoms with van der Waals surface area (Å²) >= 11 is 8.99. The lowest BCUT2D eigenvalue weighted by atomic mass is 10.1. The Labute approximate surface area is 140 Å². The van der Waals surface area contributed by atoms with Crippen LogP contribution < -0.4 is 0 Å². The number of hydrogen-bond acceptors (Lipinski definition) is 1. The number of nitrogens with one attached hydrogen (secondary N) is 1. The standard InChI is InChI=1S/C17H23BrN2S/c1-2-3-4-5-6-7-10-14(13-18)20-16-12-9-8-11-15(16)19-17(20)21/h8-9,11-13H,2-7,10H2,1H3,(H,19,21)/b14-13-. The van der Waals surface area contributed by atoms with E-state index in [-0.39, 0.29) is 0 Å². The lowest BCUT2D eigenvalue weighted by molar-refractivity contribution is 0.610. The topological polar surface area (TPSA) is 20.7 Å². The zero-order valence-electron chi connectivity index (χ0n) is 12.6. The lowest BCUT2D eigenvalue weighted by Gasteiger charge is -2.09. The summed E-state index contributed by atoms with van der Waals surface area (Å²) in [5.41, 5.74) is 3.48. The SMILES string of the molecule is CCCCCCCC/C(=C/Br)n1c(=S)[nH]c2ccccc21. The fourth-order valence-corrected chi connectivity index (χ4v) is 3.40. The van der Waals surface area contributed by atoms with E-state index in [1.165, 1.54) is 44.2 Å². The third-order valence-electron chi connectivity index (χ3n) is 3.79. The Morgan fingerprint density at radius 3 is 2.67 bits per heavy atom. The van der Waals surface area contributed by atoms with Gasteiger partial charge in [0.05, 0.1) is 11.0 Å². The molecule has 0 saturated carbocycles. The molecular formula is C17H23BrN2S. The molecule has 0 aliphatic rings. The Morgan fingerprint density at radius 2 is 1.90 bits per heavy atom. The van der Waals surface area contributed by atoms with Gasteiger partial charge in [-0.2, -0.15) is 0 Å². The average molecular weight is 367 g/mol. The highest BCUT2D eigenvalue weighted by Crippen LogP contribution is 2.23. The summed E-state index contributed by atoms with van der Waals surface area (Å²) in [6.07, 6.45) is 8.90. The number of allylic oxidation sites excluding steroid dienone is 1. The first kappa shape index (κ1) is 16.5. The van der Waals surface area contributed by atoms with Crippen molar-refractivity contribution < 1.29 is 0 Å². The van der Waals surface area contributed by atoms with Crippen LogP contribution in [0.5, 0.6) is 0 Å². The van der Waals surface area contributed by atoms with E-state index in [1.54, 1.807) is 0 Å². The van der Waals surface area contributed by atoms with Crippen LogP contribution in [0.15, 0.2) is 29.3 Å². The van der Waals surface area contributed by atoms with Crippen molar-refractivity contribution in [3.8, 4) is 0 Å². The molecule has 0 bridgehead atoms. The van der Waals surface area contributed by atoms with E-state index < -0.39 is 0 Å². The number of halogens is 1. The van der Waals surface area contributed by atoms with Crippen molar-refractivity contribution in [2.75, 3.05) is 0 Å². The normalized spacial score (nSPS) is 12.2. The lowest BCUT2D eigenvalue weighted by Crippen LogP contribution is -1.97. The van der Waals surface area contributed by atoms with Crippen molar-refractivity contribution >= 4 is 44.9 Å². The first-order chi connectivity index (χ1) is 10.3. The predicted octanol–water partition coefficient (Wildman–Crippen LogP) is 6.64. The predicted molar refractivity (Wildman–Crippen MR) is 98.3 cm³/mol. The molecule has 0 unspecified atom stereocenters. The molecule has 1 heterocycles. The molecule has 1 N–H and O–H groups in total. The van der Waals surface area contributed by atoms with Gasteiger partial charge in [-0.05, 0) is 37.2 Å². The molecule has 1 aromatic heterocycles. The molecule has 1 aromatic carbocycles. The van der Waals surface area contributed by atoms with Crippen molar-refractivity contribution in [3.63, 3.8) is 0 Å². The first-order valence-electron chi connectivity index (χ1n) is 7.77. The van der Waals surface area contributed by atoms with Crippen LogP contribution in [0, 0.1) is 4.77 Å². The molecule has 0 radical (unpaired) electrons. The second kappa shape index (κ2) is 8.54. The van der Waals surface area contributed by atoms with Crippen LogP contribution in [-0.4, -0.2) is 9.55 Å². The minimum atomic E-state index is 0.771. The highest BCUT2D eigenvalue weighted by molar-refractivity contribution is 9.11. The van der Waals surface area contributed by atoms with Crippen molar-refractivity contribution in [2.45, 2.75) is 51.9 Å². The first-order valence-corrected chi connectivity index (χ1v) is 9.09. The molecule has 2 rings (SSSR count). The van der Waals surface area contributed by atoms with Crippen LogP contribution in [0.25, 0.3) is 16.7 Å². The number of rotatable bonds is 8. The fraction of sp³-hybridized carbons (Fsp3) is 0.471. The highest BCUT2D eigenvalue weighted by atomic mass is 79.9. The van der Waals surface area contributed by atoms with Gasteiger partial charge in [-0.15, -0.1) is 0 Å². The molecule has 21 heavy (non-hydrogen) atoms. The van der Waals surface area contributed by atoms with Crippen LogP contribution in [0.4, 0.5) is 0 Å². The van der Waals surface area contributed by atoms with E-state index in [2.05, 4.69) is 50.6 Å². The molecule has 2 nitrogen and oxygen atoms in total. The Hall–Kier alpha value is -0.870. The van der Waals surface area contributed by atoms with Crippen molar-refractivity contribution in [1.82, 2.24) is 9.55 Å². The zero-order valence-corrected chi connectivity index (χ0v) is 15.0. The summed E-state index contributed by atoms with van der Waals surface area (Å²) in [4.78, 5) is 5.29. The molecule has 114 valence electrons. The molecular weight excluding hydrogens is 344 g/mol. The Balaban J connectivity index is 2.04. The maximum atomic E-state index is 5.48. The van der Waals surface area contributed by atoms with E-state index in [0.717, 1.165) is 22.2 Å². The summed E-state index contributed by atoms with van der Waals surface area (Å²) < 4.78 is 2.92. The number of imidazole rings is 1. The van der Waals surface area contributed by atoms with E-state index in [9.17, 15) is 0 Å². The van der Waals surface area contributed by atoms with Crippen molar-refractivity contribution in [3.05, 3.63) is 34.0 Å². The van der Waals surface area contributed by atoms with Crippen molar-refractivity contribution in [1.29, 1.82) is 0 Å². The second-order valence-corrected chi connectivity index (χ2v) is 6.25. The van der Waals surface area contributed by atoms with E-state index >= 15 is 0 Å². The quantitative estimate of drug-likeness (QED) is 0.409. The third kappa shape index (κ3) is 4.30. The molecule has 2 aromatic rings. The molecule has 0 aliphatic heterocycles. The van der Waals surface area contributed by atoms with Gasteiger partial charge in [0.15, 0.2) is 4.77 Å². The maximum absolute atomic E-state index is 5.48. The van der Waals surface area contributed by atoms with Gasteiger partial charge in [-0.3, -0.25) is 4.57 Å². The molecule has 0 fully saturated rings. The minimum absolute atomic E-state index is 0.771. The average Bonchev–Trinajstić information content (AvgIpc) is 2.83. The Morgan fingerprint density at radius 1 is 1.19 bits per heavy atom. The van der Waals surface area contributed by atoms with Gasteiger partial charge in [0.2, 0.25) is 0 Å². The number of aromatic nitrogens is 2. The van der Waals surface area contributed by atoms with Gasteiger partial charge < -0.3 is 4.98 Å². The summed E-state index contributed by atoms with van der Waals surface area (Å²) in [6, 6.07) is 8.26. The molecule has 0 saturated heterocycles. The maximum Gasteiger partial charge on any atom is 0.182 e. The molecule has 0 spiro atoms. The molecule has 0 amide bonds. The van der Waals surface area contributed by atoms with Crippen LogP contribution in [0.1, 0.15) is 51.9 Å². The van der Waals surface area contributed by atoms with Crippen molar-refractivity contribution in [2.24, 2.45) is 0 Å². The second-order valence-electron chi connectivity index (χ2n) is 5.40. The number of H-pyrrole nitrogens is 1. The summed E-state index contributed by atoms with van der Waals surface area (Å²) in [6.45, 7) is 2.25. The third-order valence-corrected chi connectivity index (χ3v) is 4.60. The van der Waals surface area contributed by atoms with Crippen LogP contribution in [-0.2, 0) is 0 Å². The zero-order chi connectivity index (χ0) is 15.1. The van der Waals surface area contributed by atoms with E-state index in [4.69, 9.17) is 12.2 Å². The number of para-hydroxylation sites is 2. The number of fused-ring (bicyclic) bond motifs is 1. The van der Waals surface area contributed by atoms with Gasteiger partial charge in [0.25, 0.3) is 0 Å². The van der Waals surface area contributed by atoms with Gasteiger partial charge in [0, 0.05) is 10.7 Å². The van der Waals surface area contributed by atoms with Gasteiger partial charge >= 0.3 is 0 Å². The molecule has 4 heteroatoms. The van der Waals surface area contributed by atoms with Gasteiger partial charge in [0.1, 0.15) is 0 Å². The molecule has 0 aliphatic carbocycles.